The van der Waals surface area contributed by atoms with E-state index in [9.17, 15) is 13.2 Å². The number of carbonyl (C=O) groups excluding carboxylic acids is 1. The number of sulfonamides is 1. The van der Waals surface area contributed by atoms with E-state index in [1.165, 1.54) is 6.07 Å². The average molecular weight is 409 g/mol. The largest absolute Gasteiger partial charge is 0.476 e. The molecule has 6 nitrogen and oxygen atoms in total. The fourth-order valence-corrected chi connectivity index (χ4v) is 4.08. The maximum atomic E-state index is 12.8. The summed E-state index contributed by atoms with van der Waals surface area (Å²) < 4.78 is 31.4. The second-order valence-corrected chi connectivity index (χ2v) is 9.09. The van der Waals surface area contributed by atoms with Crippen LogP contribution in [0.4, 0.5) is 11.4 Å². The molecular weight excluding hydrogens is 388 g/mol. The topological polar surface area (TPSA) is 75.7 Å². The molecule has 8 heteroatoms. The Labute approximate surface area is 164 Å². The minimum Gasteiger partial charge on any atom is -0.476 e. The van der Waals surface area contributed by atoms with Crippen LogP contribution in [0, 0.1) is 0 Å². The van der Waals surface area contributed by atoms with Crippen molar-refractivity contribution in [2.24, 2.45) is 0 Å². The van der Waals surface area contributed by atoms with Gasteiger partial charge in [-0.2, -0.15) is 0 Å². The van der Waals surface area contributed by atoms with Crippen molar-refractivity contribution >= 4 is 38.9 Å². The highest BCUT2D eigenvalue weighted by Crippen LogP contribution is 2.37. The molecule has 1 atom stereocenters. The molecule has 0 radical (unpaired) electrons. The Morgan fingerprint density at radius 1 is 1.26 bits per heavy atom. The molecule has 3 rings (SSSR count). The quantitative estimate of drug-likeness (QED) is 0.838. The number of para-hydroxylation sites is 1. The summed E-state index contributed by atoms with van der Waals surface area (Å²) in [6.45, 7) is 3.95. The minimum atomic E-state index is -3.60. The highest BCUT2D eigenvalue weighted by molar-refractivity contribution is 7.92. The van der Waals surface area contributed by atoms with Crippen LogP contribution in [-0.4, -0.2) is 33.2 Å². The van der Waals surface area contributed by atoms with Gasteiger partial charge in [0.2, 0.25) is 10.0 Å². The Morgan fingerprint density at radius 3 is 2.63 bits per heavy atom. The van der Waals surface area contributed by atoms with Crippen LogP contribution in [0.25, 0.3) is 0 Å². The second-order valence-electron chi connectivity index (χ2n) is 6.74. The summed E-state index contributed by atoms with van der Waals surface area (Å²) in [5.74, 6) is 0.120. The fraction of sp³-hybridized carbons (Fsp3) is 0.316. The summed E-state index contributed by atoms with van der Waals surface area (Å²) in [5, 5.41) is 3.25. The summed E-state index contributed by atoms with van der Waals surface area (Å²) in [5.41, 5.74) is 2.01. The van der Waals surface area contributed by atoms with Gasteiger partial charge in [0, 0.05) is 10.7 Å². The van der Waals surface area contributed by atoms with Gasteiger partial charge in [-0.05, 0) is 35.7 Å². The Hall–Kier alpha value is -2.25. The van der Waals surface area contributed by atoms with Gasteiger partial charge in [0.05, 0.1) is 18.5 Å². The van der Waals surface area contributed by atoms with Gasteiger partial charge < -0.3 is 10.1 Å². The number of amides is 1. The summed E-state index contributed by atoms with van der Waals surface area (Å²) in [7, 11) is -3.60. The van der Waals surface area contributed by atoms with Crippen LogP contribution in [0.15, 0.2) is 42.5 Å². The summed E-state index contributed by atoms with van der Waals surface area (Å²) in [4.78, 5) is 12.8. The number of halogens is 1. The molecule has 27 heavy (non-hydrogen) atoms. The number of nitrogens with zero attached hydrogens (tertiary/aromatic N) is 1. The molecule has 144 valence electrons. The van der Waals surface area contributed by atoms with Gasteiger partial charge in [0.25, 0.3) is 5.91 Å². The van der Waals surface area contributed by atoms with Gasteiger partial charge >= 0.3 is 0 Å². The smallest absolute Gasteiger partial charge is 0.267 e. The van der Waals surface area contributed by atoms with Crippen LogP contribution >= 0.6 is 11.6 Å². The van der Waals surface area contributed by atoms with Gasteiger partial charge in [0.1, 0.15) is 5.75 Å². The lowest BCUT2D eigenvalue weighted by molar-refractivity contribution is -0.122. The molecule has 0 aromatic heterocycles. The molecule has 1 aliphatic heterocycles. The van der Waals surface area contributed by atoms with E-state index < -0.39 is 22.0 Å². The zero-order chi connectivity index (χ0) is 19.8. The molecule has 2 aromatic carbocycles. The van der Waals surface area contributed by atoms with Gasteiger partial charge in [-0.25, -0.2) is 8.42 Å². The standard InChI is InChI=1S/C19H21ClN2O4S/c1-12(2)14-6-4-5-7-15(14)21-19(23)18-11-22(27(3,24)25)16-10-13(20)8-9-17(16)26-18/h4-10,12,18H,11H2,1-3H3,(H,21,23). The van der Waals surface area contributed by atoms with E-state index in [1.807, 2.05) is 38.1 Å². The first-order valence-corrected chi connectivity index (χ1v) is 10.7. The summed E-state index contributed by atoms with van der Waals surface area (Å²) in [6.07, 6.45) is 0.111. The molecule has 0 fully saturated rings. The van der Waals surface area contributed by atoms with Crippen LogP contribution in [0.2, 0.25) is 5.02 Å². The summed E-state index contributed by atoms with van der Waals surface area (Å²) >= 11 is 5.99. The molecule has 0 aliphatic carbocycles. The van der Waals surface area contributed by atoms with Crippen molar-refractivity contribution in [2.75, 3.05) is 22.4 Å². The van der Waals surface area contributed by atoms with Gasteiger partial charge in [0.15, 0.2) is 6.10 Å². The molecule has 1 amide bonds. The minimum absolute atomic E-state index is 0.123. The van der Waals surface area contributed by atoms with E-state index in [1.54, 1.807) is 12.1 Å². The predicted octanol–water partition coefficient (Wildman–Crippen LogP) is 3.63. The van der Waals surface area contributed by atoms with Gasteiger partial charge in [-0.1, -0.05) is 43.6 Å². The van der Waals surface area contributed by atoms with Crippen LogP contribution in [0.3, 0.4) is 0 Å². The molecular formula is C19H21ClN2O4S. The molecule has 1 heterocycles. The number of hydrogen-bond acceptors (Lipinski definition) is 4. The Balaban J connectivity index is 1.90. The zero-order valence-electron chi connectivity index (χ0n) is 15.3. The first-order valence-electron chi connectivity index (χ1n) is 8.50. The number of benzene rings is 2. The highest BCUT2D eigenvalue weighted by atomic mass is 35.5. The number of nitrogens with one attached hydrogen (secondary N) is 1. The predicted molar refractivity (Wildman–Crippen MR) is 107 cm³/mol. The average Bonchev–Trinajstić information content (AvgIpc) is 2.60. The Kier molecular flexibility index (Phi) is 5.35. The number of carbonyl (C=O) groups is 1. The SMILES string of the molecule is CC(C)c1ccccc1NC(=O)C1CN(S(C)(=O)=O)c2cc(Cl)ccc2O1. The fourth-order valence-electron chi connectivity index (χ4n) is 3.00. The second kappa shape index (κ2) is 7.40. The molecule has 1 N–H and O–H groups in total. The van der Waals surface area contributed by atoms with Crippen molar-refractivity contribution in [1.29, 1.82) is 0 Å². The lowest BCUT2D eigenvalue weighted by Crippen LogP contribution is -2.48. The van der Waals surface area contributed by atoms with Crippen LogP contribution in [-0.2, 0) is 14.8 Å². The molecule has 2 aromatic rings. The summed E-state index contributed by atoms with van der Waals surface area (Å²) in [6, 6.07) is 12.2. The molecule has 0 saturated carbocycles. The lowest BCUT2D eigenvalue weighted by atomic mass is 10.0. The first kappa shape index (κ1) is 19.5. The van der Waals surface area contributed by atoms with E-state index in [2.05, 4.69) is 5.32 Å². The third-order valence-corrected chi connectivity index (χ3v) is 5.71. The lowest BCUT2D eigenvalue weighted by Gasteiger charge is -2.34. The Bertz CT molecular complexity index is 975. The van der Waals surface area contributed by atoms with Crippen molar-refractivity contribution in [1.82, 2.24) is 0 Å². The maximum Gasteiger partial charge on any atom is 0.267 e. The zero-order valence-corrected chi connectivity index (χ0v) is 16.8. The van der Waals surface area contributed by atoms with Crippen molar-refractivity contribution in [3.05, 3.63) is 53.1 Å². The molecule has 0 saturated heterocycles. The van der Waals surface area contributed by atoms with Crippen molar-refractivity contribution < 1.29 is 17.9 Å². The van der Waals surface area contributed by atoms with E-state index in [4.69, 9.17) is 16.3 Å². The van der Waals surface area contributed by atoms with Crippen molar-refractivity contribution in [3.8, 4) is 5.75 Å². The van der Waals surface area contributed by atoms with Crippen molar-refractivity contribution in [2.45, 2.75) is 25.9 Å². The molecule has 1 aliphatic rings. The van der Waals surface area contributed by atoms with Crippen LogP contribution < -0.4 is 14.4 Å². The first-order chi connectivity index (χ1) is 12.7. The van der Waals surface area contributed by atoms with Gasteiger partial charge in [-0.3, -0.25) is 9.10 Å². The van der Waals surface area contributed by atoms with Crippen LogP contribution in [0.1, 0.15) is 25.3 Å². The highest BCUT2D eigenvalue weighted by Gasteiger charge is 2.35. The number of anilines is 2. The van der Waals surface area contributed by atoms with Crippen molar-refractivity contribution in [3.63, 3.8) is 0 Å². The number of ether oxygens (including phenoxy) is 1. The monoisotopic (exact) mass is 408 g/mol. The molecule has 1 unspecified atom stereocenters. The maximum absolute atomic E-state index is 12.8. The van der Waals surface area contributed by atoms with Crippen LogP contribution in [0.5, 0.6) is 5.75 Å². The number of hydrogen-bond donors (Lipinski definition) is 1. The molecule has 0 bridgehead atoms. The van der Waals surface area contributed by atoms with Gasteiger partial charge in [-0.15, -0.1) is 0 Å². The normalized spacial score (nSPS) is 16.6. The van der Waals surface area contributed by atoms with E-state index >= 15 is 0 Å². The third-order valence-electron chi connectivity index (χ3n) is 4.32. The number of fused-ring (bicyclic) bond motifs is 1. The molecule has 0 spiro atoms. The number of rotatable bonds is 4. The van der Waals surface area contributed by atoms with E-state index in [-0.39, 0.29) is 12.5 Å². The van der Waals surface area contributed by atoms with E-state index in [0.717, 1.165) is 16.1 Å². The Morgan fingerprint density at radius 2 is 1.96 bits per heavy atom. The van der Waals surface area contributed by atoms with E-state index in [0.29, 0.717) is 22.1 Å². The third kappa shape index (κ3) is 4.20.